The zero-order valence-electron chi connectivity index (χ0n) is 15.3. The molecular formula is C20H15ClN4O2S2. The van der Waals surface area contributed by atoms with Crippen LogP contribution in [0.5, 0.6) is 0 Å². The second kappa shape index (κ2) is 8.36. The Morgan fingerprint density at radius 3 is 2.86 bits per heavy atom. The van der Waals surface area contributed by atoms with E-state index in [1.165, 1.54) is 27.7 Å². The molecule has 2 aromatic heterocycles. The molecule has 146 valence electrons. The Balaban J connectivity index is 1.76. The van der Waals surface area contributed by atoms with Crippen molar-refractivity contribution in [3.8, 4) is 5.69 Å². The standard InChI is InChI=1S/C20H15ClN4O2S2/c1-12-14(21)6-4-8-16(12)25-18(27)13-5-2-3-7-15(13)23-20(25)29-11-17(26)24-19-22-9-10-28-19/h2-10H,11H2,1H3,(H,22,24,26). The normalized spacial score (nSPS) is 11.0. The van der Waals surface area contributed by atoms with Crippen LogP contribution in [0.3, 0.4) is 0 Å². The minimum absolute atomic E-state index is 0.0873. The predicted molar refractivity (Wildman–Crippen MR) is 119 cm³/mol. The minimum Gasteiger partial charge on any atom is -0.301 e. The maximum atomic E-state index is 13.3. The summed E-state index contributed by atoms with van der Waals surface area (Å²) < 4.78 is 1.52. The van der Waals surface area contributed by atoms with Crippen molar-refractivity contribution in [3.63, 3.8) is 0 Å². The van der Waals surface area contributed by atoms with Crippen LogP contribution in [0, 0.1) is 6.92 Å². The number of halogens is 1. The zero-order valence-corrected chi connectivity index (χ0v) is 17.6. The van der Waals surface area contributed by atoms with Gasteiger partial charge >= 0.3 is 0 Å². The summed E-state index contributed by atoms with van der Waals surface area (Å²) in [5, 5.41) is 6.54. The molecule has 0 aliphatic heterocycles. The molecule has 2 heterocycles. The number of nitrogens with zero attached hydrogens (tertiary/aromatic N) is 3. The lowest BCUT2D eigenvalue weighted by molar-refractivity contribution is -0.113. The number of nitrogens with one attached hydrogen (secondary N) is 1. The topological polar surface area (TPSA) is 76.9 Å². The smallest absolute Gasteiger partial charge is 0.266 e. The Labute approximate surface area is 179 Å². The molecule has 0 radical (unpaired) electrons. The molecule has 0 aliphatic rings. The quantitative estimate of drug-likeness (QED) is 0.363. The number of benzene rings is 2. The average Bonchev–Trinajstić information content (AvgIpc) is 3.22. The summed E-state index contributed by atoms with van der Waals surface area (Å²) in [7, 11) is 0. The van der Waals surface area contributed by atoms with E-state index < -0.39 is 0 Å². The van der Waals surface area contributed by atoms with Gasteiger partial charge in [0.25, 0.3) is 5.56 Å². The third-order valence-corrected chi connectivity index (χ3v) is 6.27. The molecule has 4 aromatic rings. The van der Waals surface area contributed by atoms with Gasteiger partial charge in [-0.1, -0.05) is 41.6 Å². The molecule has 0 spiro atoms. The van der Waals surface area contributed by atoms with E-state index in [4.69, 9.17) is 11.6 Å². The van der Waals surface area contributed by atoms with E-state index in [-0.39, 0.29) is 17.2 Å². The molecule has 0 saturated heterocycles. The highest BCUT2D eigenvalue weighted by Gasteiger charge is 2.17. The molecule has 6 nitrogen and oxygen atoms in total. The van der Waals surface area contributed by atoms with Gasteiger partial charge in [0, 0.05) is 16.6 Å². The van der Waals surface area contributed by atoms with E-state index in [2.05, 4.69) is 15.3 Å². The van der Waals surface area contributed by atoms with Gasteiger partial charge in [-0.2, -0.15) is 0 Å². The van der Waals surface area contributed by atoms with Gasteiger partial charge in [0.2, 0.25) is 5.91 Å². The van der Waals surface area contributed by atoms with E-state index in [9.17, 15) is 9.59 Å². The summed E-state index contributed by atoms with van der Waals surface area (Å²) in [5.41, 5.74) is 1.78. The summed E-state index contributed by atoms with van der Waals surface area (Å²) in [6.07, 6.45) is 1.62. The fourth-order valence-electron chi connectivity index (χ4n) is 2.83. The second-order valence-electron chi connectivity index (χ2n) is 6.11. The highest BCUT2D eigenvalue weighted by Crippen LogP contribution is 2.26. The first-order chi connectivity index (χ1) is 14.0. The second-order valence-corrected chi connectivity index (χ2v) is 8.35. The number of hydrogen-bond donors (Lipinski definition) is 1. The van der Waals surface area contributed by atoms with Crippen LogP contribution in [0.4, 0.5) is 5.13 Å². The molecular weight excluding hydrogens is 428 g/mol. The Morgan fingerprint density at radius 2 is 2.07 bits per heavy atom. The molecule has 0 atom stereocenters. The van der Waals surface area contributed by atoms with Gasteiger partial charge in [-0.25, -0.2) is 9.97 Å². The van der Waals surface area contributed by atoms with Crippen molar-refractivity contribution in [2.75, 3.05) is 11.1 Å². The van der Waals surface area contributed by atoms with Crippen LogP contribution in [0.2, 0.25) is 5.02 Å². The summed E-state index contributed by atoms with van der Waals surface area (Å²) in [6.45, 7) is 1.85. The lowest BCUT2D eigenvalue weighted by Gasteiger charge is -2.15. The summed E-state index contributed by atoms with van der Waals surface area (Å²) in [4.78, 5) is 34.3. The number of thiazole rings is 1. The molecule has 29 heavy (non-hydrogen) atoms. The maximum absolute atomic E-state index is 13.3. The molecule has 0 bridgehead atoms. The highest BCUT2D eigenvalue weighted by molar-refractivity contribution is 7.99. The fraction of sp³-hybridized carbons (Fsp3) is 0.100. The fourth-order valence-corrected chi connectivity index (χ4v) is 4.35. The first kappa shape index (κ1) is 19.6. The van der Waals surface area contributed by atoms with Gasteiger partial charge in [0.05, 0.1) is 22.3 Å². The Kier molecular flexibility index (Phi) is 5.66. The molecule has 2 aromatic carbocycles. The van der Waals surface area contributed by atoms with Gasteiger partial charge in [0.15, 0.2) is 10.3 Å². The zero-order chi connectivity index (χ0) is 20.4. The van der Waals surface area contributed by atoms with E-state index in [1.807, 2.05) is 19.1 Å². The highest BCUT2D eigenvalue weighted by atomic mass is 35.5. The van der Waals surface area contributed by atoms with E-state index >= 15 is 0 Å². The van der Waals surface area contributed by atoms with Crippen LogP contribution >= 0.6 is 34.7 Å². The Hall–Kier alpha value is -2.68. The Bertz CT molecular complexity index is 1260. The van der Waals surface area contributed by atoms with Crippen molar-refractivity contribution in [1.29, 1.82) is 0 Å². The van der Waals surface area contributed by atoms with Gasteiger partial charge in [-0.05, 0) is 36.8 Å². The summed E-state index contributed by atoms with van der Waals surface area (Å²) >= 11 is 8.81. The summed E-state index contributed by atoms with van der Waals surface area (Å²) in [6, 6.07) is 12.5. The lowest BCUT2D eigenvalue weighted by atomic mass is 10.2. The van der Waals surface area contributed by atoms with Crippen molar-refractivity contribution < 1.29 is 4.79 Å². The number of thioether (sulfide) groups is 1. The van der Waals surface area contributed by atoms with Crippen LogP contribution in [-0.4, -0.2) is 26.2 Å². The SMILES string of the molecule is Cc1c(Cl)cccc1-n1c(SCC(=O)Nc2nccs2)nc2ccccc2c1=O. The van der Waals surface area contributed by atoms with Crippen LogP contribution in [0.25, 0.3) is 16.6 Å². The molecule has 1 N–H and O–H groups in total. The summed E-state index contributed by atoms with van der Waals surface area (Å²) in [5.74, 6) is -0.133. The third-order valence-electron chi connectivity index (χ3n) is 4.24. The van der Waals surface area contributed by atoms with Crippen molar-refractivity contribution in [2.24, 2.45) is 0 Å². The predicted octanol–water partition coefficient (Wildman–Crippen LogP) is 4.53. The molecule has 1 amide bonds. The molecule has 0 fully saturated rings. The molecule has 4 rings (SSSR count). The average molecular weight is 443 g/mol. The van der Waals surface area contributed by atoms with Crippen LogP contribution in [0.15, 0.2) is 64.0 Å². The number of carbonyl (C=O) groups is 1. The Morgan fingerprint density at radius 1 is 1.24 bits per heavy atom. The van der Waals surface area contributed by atoms with Crippen molar-refractivity contribution in [3.05, 3.63) is 75.0 Å². The first-order valence-corrected chi connectivity index (χ1v) is 10.9. The molecule has 0 saturated carbocycles. The largest absolute Gasteiger partial charge is 0.301 e. The minimum atomic E-state index is -0.221. The number of rotatable bonds is 5. The van der Waals surface area contributed by atoms with Crippen LogP contribution < -0.4 is 10.9 Å². The number of amides is 1. The molecule has 0 unspecified atom stereocenters. The van der Waals surface area contributed by atoms with Gasteiger partial charge in [-0.3, -0.25) is 14.2 Å². The lowest BCUT2D eigenvalue weighted by Crippen LogP contribution is -2.23. The van der Waals surface area contributed by atoms with Gasteiger partial charge < -0.3 is 5.32 Å². The first-order valence-electron chi connectivity index (χ1n) is 8.64. The van der Waals surface area contributed by atoms with E-state index in [0.717, 1.165) is 5.56 Å². The number of carbonyl (C=O) groups excluding carboxylic acids is 1. The number of anilines is 1. The number of fused-ring (bicyclic) bond motifs is 1. The van der Waals surface area contributed by atoms with E-state index in [0.29, 0.717) is 31.9 Å². The molecule has 9 heteroatoms. The van der Waals surface area contributed by atoms with Crippen LogP contribution in [0.1, 0.15) is 5.56 Å². The maximum Gasteiger partial charge on any atom is 0.266 e. The molecule has 0 aliphatic carbocycles. The number of aromatic nitrogens is 3. The number of para-hydroxylation sites is 1. The van der Waals surface area contributed by atoms with Crippen molar-refractivity contribution >= 4 is 56.6 Å². The van der Waals surface area contributed by atoms with Crippen molar-refractivity contribution in [1.82, 2.24) is 14.5 Å². The monoisotopic (exact) mass is 442 g/mol. The van der Waals surface area contributed by atoms with Crippen molar-refractivity contribution in [2.45, 2.75) is 12.1 Å². The van der Waals surface area contributed by atoms with Gasteiger partial charge in [0.1, 0.15) is 0 Å². The number of hydrogen-bond acceptors (Lipinski definition) is 6. The van der Waals surface area contributed by atoms with E-state index in [1.54, 1.807) is 41.9 Å². The van der Waals surface area contributed by atoms with Crippen LogP contribution in [-0.2, 0) is 4.79 Å². The third kappa shape index (κ3) is 4.05. The van der Waals surface area contributed by atoms with Gasteiger partial charge in [-0.15, -0.1) is 11.3 Å².